The molecule has 6 heteroatoms. The first-order chi connectivity index (χ1) is 9.81. The number of hydrogen-bond donors (Lipinski definition) is 2. The molecular formula is C15H29N3O3. The molecule has 6 nitrogen and oxygen atoms in total. The van der Waals surface area contributed by atoms with Crippen molar-refractivity contribution in [1.82, 2.24) is 16.0 Å². The molecule has 0 radical (unpaired) electrons. The van der Waals surface area contributed by atoms with Gasteiger partial charge in [-0.15, -0.1) is 0 Å². The molecule has 0 spiro atoms. The number of carbonyl (C=O) groups excluding carboxylic acids is 3. The Balaban J connectivity index is 4.72. The molecule has 1 unspecified atom stereocenters. The Morgan fingerprint density at radius 1 is 1.00 bits per heavy atom. The van der Waals surface area contributed by atoms with Crippen LogP contribution in [0.3, 0.4) is 0 Å². The Labute approximate surface area is 127 Å². The van der Waals surface area contributed by atoms with E-state index < -0.39 is 0 Å². The van der Waals surface area contributed by atoms with Crippen LogP contribution in [0.2, 0.25) is 0 Å². The summed E-state index contributed by atoms with van der Waals surface area (Å²) in [5.74, 6) is -0.938. The fourth-order valence-electron chi connectivity index (χ4n) is 1.59. The number of nitrogens with zero attached hydrogens (tertiary/aromatic N) is 1. The molecule has 122 valence electrons. The minimum atomic E-state index is -0.306. The predicted octanol–water partition coefficient (Wildman–Crippen LogP) is 2.16. The normalized spacial score (nSPS) is 11.9. The summed E-state index contributed by atoms with van der Waals surface area (Å²) >= 11 is 0. The topological polar surface area (TPSA) is 78.5 Å². The summed E-state index contributed by atoms with van der Waals surface area (Å²) in [6, 6.07) is 0. The maximum atomic E-state index is 12.2. The zero-order valence-corrected chi connectivity index (χ0v) is 13.9. The summed E-state index contributed by atoms with van der Waals surface area (Å²) in [7, 11) is 0. The van der Waals surface area contributed by atoms with Gasteiger partial charge in [0.25, 0.3) is 5.91 Å². The molecule has 0 aliphatic rings. The highest BCUT2D eigenvalue weighted by molar-refractivity contribution is 5.86. The number of nitrogens with one attached hydrogen (secondary N) is 2. The van der Waals surface area contributed by atoms with Crippen LogP contribution in [0, 0.1) is 11.8 Å². The van der Waals surface area contributed by atoms with Crippen molar-refractivity contribution in [2.45, 2.75) is 66.7 Å². The molecule has 0 rings (SSSR count). The van der Waals surface area contributed by atoms with Gasteiger partial charge in [0.2, 0.25) is 11.8 Å². The van der Waals surface area contributed by atoms with Crippen molar-refractivity contribution in [2.75, 3.05) is 0 Å². The lowest BCUT2D eigenvalue weighted by Crippen LogP contribution is -2.57. The first-order valence-electron chi connectivity index (χ1n) is 7.74. The summed E-state index contributed by atoms with van der Waals surface area (Å²) < 4.78 is 0. The molecule has 0 aromatic heterocycles. The number of hydrazine groups is 2. The van der Waals surface area contributed by atoms with Crippen LogP contribution in [0.1, 0.15) is 66.7 Å². The van der Waals surface area contributed by atoms with E-state index in [0.29, 0.717) is 19.3 Å². The third kappa shape index (κ3) is 8.32. The maximum absolute atomic E-state index is 12.2. The fraction of sp³-hybridized carbons (Fsp3) is 0.800. The second-order valence-electron chi connectivity index (χ2n) is 5.75. The quantitative estimate of drug-likeness (QED) is 0.707. The SMILES string of the molecule is CCCCC(=O)NN(NC(=O)CC(C)C)C(=O)C(C)CC. The molecule has 21 heavy (non-hydrogen) atoms. The average molecular weight is 299 g/mol. The van der Waals surface area contributed by atoms with Gasteiger partial charge in [-0.1, -0.05) is 41.0 Å². The number of hydrogen-bond acceptors (Lipinski definition) is 3. The van der Waals surface area contributed by atoms with Crippen molar-refractivity contribution in [3.63, 3.8) is 0 Å². The molecule has 0 aliphatic carbocycles. The summed E-state index contributed by atoms with van der Waals surface area (Å²) in [4.78, 5) is 35.8. The van der Waals surface area contributed by atoms with Gasteiger partial charge in [-0.2, -0.15) is 5.12 Å². The number of rotatable bonds is 7. The van der Waals surface area contributed by atoms with E-state index in [1.165, 1.54) is 0 Å². The van der Waals surface area contributed by atoms with E-state index in [2.05, 4.69) is 10.9 Å². The van der Waals surface area contributed by atoms with E-state index in [0.717, 1.165) is 18.0 Å². The van der Waals surface area contributed by atoms with Crippen molar-refractivity contribution in [1.29, 1.82) is 0 Å². The molecule has 0 saturated carbocycles. The standard InChI is InChI=1S/C15H29N3O3/c1-6-8-9-13(19)16-18(15(21)12(5)7-2)17-14(20)10-11(3)4/h11-12H,6-10H2,1-5H3,(H,16,19)(H,17,20). The fourth-order valence-corrected chi connectivity index (χ4v) is 1.59. The Morgan fingerprint density at radius 3 is 2.05 bits per heavy atom. The molecule has 0 bridgehead atoms. The molecule has 0 aliphatic heterocycles. The van der Waals surface area contributed by atoms with Crippen LogP contribution in [0.5, 0.6) is 0 Å². The van der Waals surface area contributed by atoms with Gasteiger partial charge in [0.1, 0.15) is 0 Å². The zero-order chi connectivity index (χ0) is 16.4. The lowest BCUT2D eigenvalue weighted by molar-refractivity contribution is -0.153. The number of unbranched alkanes of at least 4 members (excludes halogenated alkanes) is 1. The molecule has 0 aromatic carbocycles. The Hall–Kier alpha value is -1.59. The van der Waals surface area contributed by atoms with Crippen LogP contribution >= 0.6 is 0 Å². The third-order valence-electron chi connectivity index (χ3n) is 3.08. The Kier molecular flexibility index (Phi) is 9.41. The van der Waals surface area contributed by atoms with Crippen LogP contribution in [-0.2, 0) is 14.4 Å². The van der Waals surface area contributed by atoms with Gasteiger partial charge in [0.15, 0.2) is 0 Å². The van der Waals surface area contributed by atoms with Gasteiger partial charge in [0, 0.05) is 18.8 Å². The van der Waals surface area contributed by atoms with Gasteiger partial charge in [-0.3, -0.25) is 14.4 Å². The first kappa shape index (κ1) is 19.4. The largest absolute Gasteiger partial charge is 0.273 e. The highest BCUT2D eigenvalue weighted by Crippen LogP contribution is 2.05. The zero-order valence-electron chi connectivity index (χ0n) is 13.9. The van der Waals surface area contributed by atoms with Crippen LogP contribution in [0.25, 0.3) is 0 Å². The molecule has 0 heterocycles. The van der Waals surface area contributed by atoms with Crippen molar-refractivity contribution < 1.29 is 14.4 Å². The second-order valence-corrected chi connectivity index (χ2v) is 5.75. The smallest absolute Gasteiger partial charge is 0.263 e. The number of carbonyl (C=O) groups is 3. The highest BCUT2D eigenvalue weighted by Gasteiger charge is 2.23. The summed E-state index contributed by atoms with van der Waals surface area (Å²) in [5, 5.41) is 0.955. The average Bonchev–Trinajstić information content (AvgIpc) is 2.41. The Bertz CT molecular complexity index is 356. The van der Waals surface area contributed by atoms with Crippen molar-refractivity contribution in [2.24, 2.45) is 11.8 Å². The third-order valence-corrected chi connectivity index (χ3v) is 3.08. The molecule has 2 N–H and O–H groups in total. The number of amides is 3. The molecule has 0 aromatic rings. The summed E-state index contributed by atoms with van der Waals surface area (Å²) in [6.07, 6.45) is 2.92. The molecule has 0 fully saturated rings. The van der Waals surface area contributed by atoms with Crippen LogP contribution in [0.4, 0.5) is 0 Å². The minimum absolute atomic E-state index is 0.182. The molecule has 3 amide bonds. The summed E-state index contributed by atoms with van der Waals surface area (Å²) in [5.41, 5.74) is 4.97. The summed E-state index contributed by atoms with van der Waals surface area (Å²) in [6.45, 7) is 9.47. The van der Waals surface area contributed by atoms with E-state index in [9.17, 15) is 14.4 Å². The van der Waals surface area contributed by atoms with Crippen molar-refractivity contribution in [3.05, 3.63) is 0 Å². The lowest BCUT2D eigenvalue weighted by Gasteiger charge is -2.26. The van der Waals surface area contributed by atoms with E-state index in [4.69, 9.17) is 0 Å². The predicted molar refractivity (Wildman–Crippen MR) is 81.6 cm³/mol. The first-order valence-corrected chi connectivity index (χ1v) is 7.74. The minimum Gasteiger partial charge on any atom is -0.273 e. The maximum Gasteiger partial charge on any atom is 0.263 e. The molecule has 0 saturated heterocycles. The monoisotopic (exact) mass is 299 g/mol. The lowest BCUT2D eigenvalue weighted by atomic mass is 10.1. The van der Waals surface area contributed by atoms with Crippen LogP contribution < -0.4 is 10.9 Å². The molecular weight excluding hydrogens is 270 g/mol. The van der Waals surface area contributed by atoms with E-state index >= 15 is 0 Å². The molecule has 1 atom stereocenters. The Morgan fingerprint density at radius 2 is 1.57 bits per heavy atom. The van der Waals surface area contributed by atoms with E-state index in [-0.39, 0.29) is 29.6 Å². The van der Waals surface area contributed by atoms with Crippen molar-refractivity contribution >= 4 is 17.7 Å². The van der Waals surface area contributed by atoms with Gasteiger partial charge < -0.3 is 0 Å². The second kappa shape index (κ2) is 10.2. The van der Waals surface area contributed by atoms with Gasteiger partial charge in [-0.25, -0.2) is 10.9 Å². The van der Waals surface area contributed by atoms with Gasteiger partial charge >= 0.3 is 0 Å². The van der Waals surface area contributed by atoms with Gasteiger partial charge in [-0.05, 0) is 18.8 Å². The van der Waals surface area contributed by atoms with Gasteiger partial charge in [0.05, 0.1) is 0 Å². The van der Waals surface area contributed by atoms with Crippen LogP contribution in [-0.4, -0.2) is 22.8 Å². The van der Waals surface area contributed by atoms with Crippen LogP contribution in [0.15, 0.2) is 0 Å². The highest BCUT2D eigenvalue weighted by atomic mass is 16.2. The van der Waals surface area contributed by atoms with Crippen molar-refractivity contribution in [3.8, 4) is 0 Å². The van der Waals surface area contributed by atoms with E-state index in [1.54, 1.807) is 6.92 Å². The van der Waals surface area contributed by atoms with E-state index in [1.807, 2.05) is 27.7 Å².